The van der Waals surface area contributed by atoms with Crippen molar-refractivity contribution in [1.29, 1.82) is 0 Å². The molecule has 0 aliphatic rings. The molecule has 3 nitrogen and oxygen atoms in total. The Morgan fingerprint density at radius 1 is 1.31 bits per heavy atom. The normalized spacial score (nSPS) is 10.2. The molecule has 2 rings (SSSR count). The van der Waals surface area contributed by atoms with Crippen molar-refractivity contribution in [2.45, 2.75) is 0 Å². The van der Waals surface area contributed by atoms with Gasteiger partial charge in [0.2, 0.25) is 5.88 Å². The van der Waals surface area contributed by atoms with Crippen LogP contribution < -0.4 is 0 Å². The Bertz CT molecular complexity index is 465. The highest BCUT2D eigenvalue weighted by Crippen LogP contribution is 2.22. The largest absolute Gasteiger partial charge is 0.493 e. The van der Waals surface area contributed by atoms with Gasteiger partial charge in [-0.05, 0) is 5.39 Å². The van der Waals surface area contributed by atoms with Crippen LogP contribution in [0.1, 0.15) is 10.4 Å². The minimum atomic E-state index is -0.214. The van der Waals surface area contributed by atoms with Crippen molar-refractivity contribution in [2.24, 2.45) is 0 Å². The summed E-state index contributed by atoms with van der Waals surface area (Å²) in [6.07, 6.45) is 2.16. The summed E-state index contributed by atoms with van der Waals surface area (Å²) in [6, 6.07) is 7.29. The molecule has 0 aliphatic heterocycles. The lowest BCUT2D eigenvalue weighted by Gasteiger charge is -2.00. The lowest BCUT2D eigenvalue weighted by molar-refractivity contribution is 0.112. The smallest absolute Gasteiger partial charge is 0.222 e. The Labute approximate surface area is 74.7 Å². The average Bonchev–Trinajstić information content (AvgIpc) is 2.18. The zero-order valence-electron chi connectivity index (χ0n) is 6.77. The Hall–Kier alpha value is -1.90. The van der Waals surface area contributed by atoms with Crippen molar-refractivity contribution >= 4 is 17.1 Å². The third kappa shape index (κ3) is 1.14. The second kappa shape index (κ2) is 2.86. The van der Waals surface area contributed by atoms with Crippen molar-refractivity contribution in [3.8, 4) is 5.88 Å². The van der Waals surface area contributed by atoms with Crippen molar-refractivity contribution < 1.29 is 9.90 Å². The van der Waals surface area contributed by atoms with E-state index in [4.69, 9.17) is 0 Å². The van der Waals surface area contributed by atoms with E-state index in [9.17, 15) is 9.90 Å². The number of pyridine rings is 1. The maximum absolute atomic E-state index is 10.6. The van der Waals surface area contributed by atoms with E-state index < -0.39 is 0 Å². The summed E-state index contributed by atoms with van der Waals surface area (Å²) in [7, 11) is 0. The number of rotatable bonds is 1. The van der Waals surface area contributed by atoms with E-state index in [1.165, 1.54) is 6.20 Å². The van der Waals surface area contributed by atoms with Gasteiger partial charge in [-0.15, -0.1) is 0 Å². The first-order valence-electron chi connectivity index (χ1n) is 3.85. The molecule has 1 N–H and O–H groups in total. The molecule has 1 aromatic carbocycles. The van der Waals surface area contributed by atoms with Crippen molar-refractivity contribution in [3.05, 3.63) is 36.0 Å². The fraction of sp³-hybridized carbons (Fsp3) is 0. The first kappa shape index (κ1) is 7.73. The van der Waals surface area contributed by atoms with Crippen LogP contribution >= 0.6 is 0 Å². The van der Waals surface area contributed by atoms with Crippen LogP contribution in [0, 0.1) is 0 Å². The first-order chi connectivity index (χ1) is 6.33. The second-order valence-corrected chi connectivity index (χ2v) is 2.70. The summed E-state index contributed by atoms with van der Waals surface area (Å²) >= 11 is 0. The number of hydrogen-bond donors (Lipinski definition) is 1. The number of carbonyl (C=O) groups excluding carboxylic acids is 1. The van der Waals surface area contributed by atoms with E-state index >= 15 is 0 Å². The summed E-state index contributed by atoms with van der Waals surface area (Å²) in [4.78, 5) is 14.3. The quantitative estimate of drug-likeness (QED) is 0.668. The van der Waals surface area contributed by atoms with Crippen LogP contribution in [-0.4, -0.2) is 16.4 Å². The van der Waals surface area contributed by atoms with E-state index in [0.717, 1.165) is 10.8 Å². The molecule has 64 valence electrons. The topological polar surface area (TPSA) is 50.2 Å². The second-order valence-electron chi connectivity index (χ2n) is 2.70. The van der Waals surface area contributed by atoms with Crippen LogP contribution in [0.5, 0.6) is 5.88 Å². The lowest BCUT2D eigenvalue weighted by Crippen LogP contribution is -1.87. The summed E-state index contributed by atoms with van der Waals surface area (Å²) in [5.74, 6) is -0.214. The van der Waals surface area contributed by atoms with Crippen LogP contribution in [0.2, 0.25) is 0 Å². The third-order valence-electron chi connectivity index (χ3n) is 1.94. The van der Waals surface area contributed by atoms with Crippen LogP contribution in [0.4, 0.5) is 0 Å². The molecule has 0 atom stereocenters. The molecule has 0 unspecified atom stereocenters. The zero-order chi connectivity index (χ0) is 9.26. The van der Waals surface area contributed by atoms with Gasteiger partial charge in [0.1, 0.15) is 0 Å². The van der Waals surface area contributed by atoms with E-state index in [0.29, 0.717) is 6.29 Å². The Morgan fingerprint density at radius 3 is 2.85 bits per heavy atom. The summed E-state index contributed by atoms with van der Waals surface area (Å²) in [6.45, 7) is 0. The molecule has 0 saturated carbocycles. The number of aromatic hydroxyl groups is 1. The molecule has 2 aromatic rings. The summed E-state index contributed by atoms with van der Waals surface area (Å²) in [5, 5.41) is 10.8. The van der Waals surface area contributed by atoms with Crippen molar-refractivity contribution in [2.75, 3.05) is 0 Å². The lowest BCUT2D eigenvalue weighted by atomic mass is 10.1. The molecule has 1 heterocycles. The monoisotopic (exact) mass is 173 g/mol. The van der Waals surface area contributed by atoms with Gasteiger partial charge in [-0.1, -0.05) is 24.3 Å². The number of fused-ring (bicyclic) bond motifs is 1. The molecule has 0 amide bonds. The molecule has 0 fully saturated rings. The SMILES string of the molecule is O=Cc1c(O)ncc2ccccc12. The molecule has 0 spiro atoms. The van der Waals surface area contributed by atoms with Crippen LogP contribution in [0.3, 0.4) is 0 Å². The molecular formula is C10H7NO2. The highest BCUT2D eigenvalue weighted by molar-refractivity contribution is 5.99. The van der Waals surface area contributed by atoms with Crippen LogP contribution in [-0.2, 0) is 0 Å². The molecular weight excluding hydrogens is 166 g/mol. The number of hydrogen-bond acceptors (Lipinski definition) is 3. The van der Waals surface area contributed by atoms with E-state index in [-0.39, 0.29) is 11.4 Å². The third-order valence-corrected chi connectivity index (χ3v) is 1.94. The number of nitrogens with zero attached hydrogens (tertiary/aromatic N) is 1. The van der Waals surface area contributed by atoms with Crippen molar-refractivity contribution in [3.63, 3.8) is 0 Å². The molecule has 3 heteroatoms. The average molecular weight is 173 g/mol. The Balaban J connectivity index is 2.91. The van der Waals surface area contributed by atoms with Gasteiger partial charge >= 0.3 is 0 Å². The first-order valence-corrected chi connectivity index (χ1v) is 3.85. The van der Waals surface area contributed by atoms with E-state index in [2.05, 4.69) is 4.98 Å². The van der Waals surface area contributed by atoms with Crippen LogP contribution in [0.25, 0.3) is 10.8 Å². The van der Waals surface area contributed by atoms with E-state index in [1.807, 2.05) is 18.2 Å². The van der Waals surface area contributed by atoms with Gasteiger partial charge in [-0.2, -0.15) is 0 Å². The van der Waals surface area contributed by atoms with Crippen LogP contribution in [0.15, 0.2) is 30.5 Å². The number of benzene rings is 1. The predicted molar refractivity (Wildman–Crippen MR) is 48.8 cm³/mol. The molecule has 0 radical (unpaired) electrons. The number of carbonyl (C=O) groups is 1. The van der Waals surface area contributed by atoms with Gasteiger partial charge in [0.25, 0.3) is 0 Å². The molecule has 0 saturated heterocycles. The minimum Gasteiger partial charge on any atom is -0.493 e. The molecule has 0 aliphatic carbocycles. The fourth-order valence-corrected chi connectivity index (χ4v) is 1.29. The maximum Gasteiger partial charge on any atom is 0.222 e. The summed E-state index contributed by atoms with van der Waals surface area (Å²) < 4.78 is 0. The van der Waals surface area contributed by atoms with Gasteiger partial charge in [0.15, 0.2) is 6.29 Å². The highest BCUT2D eigenvalue weighted by Gasteiger charge is 2.05. The zero-order valence-corrected chi connectivity index (χ0v) is 6.77. The maximum atomic E-state index is 10.6. The van der Waals surface area contributed by atoms with Crippen molar-refractivity contribution in [1.82, 2.24) is 4.98 Å². The van der Waals surface area contributed by atoms with Gasteiger partial charge in [0, 0.05) is 11.6 Å². The minimum absolute atomic E-state index is 0.214. The van der Waals surface area contributed by atoms with Gasteiger partial charge in [-0.3, -0.25) is 4.79 Å². The summed E-state index contributed by atoms with van der Waals surface area (Å²) in [5.41, 5.74) is 0.248. The van der Waals surface area contributed by atoms with Gasteiger partial charge in [-0.25, -0.2) is 4.98 Å². The Kier molecular flexibility index (Phi) is 1.70. The number of aromatic nitrogens is 1. The fourth-order valence-electron chi connectivity index (χ4n) is 1.29. The predicted octanol–water partition coefficient (Wildman–Crippen LogP) is 1.75. The highest BCUT2D eigenvalue weighted by atomic mass is 16.3. The van der Waals surface area contributed by atoms with Gasteiger partial charge in [0.05, 0.1) is 5.56 Å². The number of aldehydes is 1. The molecule has 1 aromatic heterocycles. The molecule has 0 bridgehead atoms. The standard InChI is InChI=1S/C10H7NO2/c12-6-9-8-4-2-1-3-7(8)5-11-10(9)13/h1-6H,(H,11,13). The molecule has 13 heavy (non-hydrogen) atoms. The van der Waals surface area contributed by atoms with Gasteiger partial charge < -0.3 is 5.11 Å². The van der Waals surface area contributed by atoms with E-state index in [1.54, 1.807) is 6.07 Å². The Morgan fingerprint density at radius 2 is 2.08 bits per heavy atom.